The maximum Gasteiger partial charge on any atom is 0.174 e. The SMILES string of the molecule is CCOc1cc(CNc2cccc(Cl)c2C)cc(I)c1OCc1ccc(F)cc1. The van der Waals surface area contributed by atoms with Crippen molar-refractivity contribution in [3.05, 3.63) is 85.7 Å². The van der Waals surface area contributed by atoms with Gasteiger partial charge in [-0.2, -0.15) is 0 Å². The lowest BCUT2D eigenvalue weighted by atomic mass is 10.1. The highest BCUT2D eigenvalue weighted by Gasteiger charge is 2.13. The van der Waals surface area contributed by atoms with Crippen LogP contribution in [0.5, 0.6) is 11.5 Å². The van der Waals surface area contributed by atoms with Crippen LogP contribution in [0.15, 0.2) is 54.6 Å². The second-order valence-electron chi connectivity index (χ2n) is 6.52. The summed E-state index contributed by atoms with van der Waals surface area (Å²) < 4.78 is 25.9. The van der Waals surface area contributed by atoms with Crippen molar-refractivity contribution in [1.82, 2.24) is 0 Å². The van der Waals surface area contributed by atoms with Gasteiger partial charge in [0.25, 0.3) is 0 Å². The van der Waals surface area contributed by atoms with Crippen LogP contribution in [0.25, 0.3) is 0 Å². The molecule has 0 atom stereocenters. The first kappa shape index (κ1) is 21.7. The van der Waals surface area contributed by atoms with Crippen molar-refractivity contribution < 1.29 is 13.9 Å². The molecule has 3 aromatic rings. The van der Waals surface area contributed by atoms with Gasteiger partial charge in [-0.3, -0.25) is 0 Å². The summed E-state index contributed by atoms with van der Waals surface area (Å²) in [5.74, 6) is 1.13. The molecule has 0 saturated heterocycles. The molecule has 0 aliphatic rings. The fourth-order valence-corrected chi connectivity index (χ4v) is 3.85. The molecule has 0 radical (unpaired) electrons. The molecule has 152 valence electrons. The number of hydrogen-bond donors (Lipinski definition) is 1. The van der Waals surface area contributed by atoms with Gasteiger partial charge in [-0.15, -0.1) is 0 Å². The van der Waals surface area contributed by atoms with Crippen LogP contribution in [-0.4, -0.2) is 6.61 Å². The molecule has 0 unspecified atom stereocenters. The summed E-state index contributed by atoms with van der Waals surface area (Å²) in [6.07, 6.45) is 0. The average Bonchev–Trinajstić information content (AvgIpc) is 2.70. The van der Waals surface area contributed by atoms with E-state index in [1.54, 1.807) is 12.1 Å². The molecule has 29 heavy (non-hydrogen) atoms. The number of benzene rings is 3. The molecular formula is C23H22ClFINO2. The van der Waals surface area contributed by atoms with Crippen LogP contribution in [0.2, 0.25) is 5.02 Å². The van der Waals surface area contributed by atoms with Crippen molar-refractivity contribution in [2.75, 3.05) is 11.9 Å². The Kier molecular flexibility index (Phi) is 7.61. The van der Waals surface area contributed by atoms with Gasteiger partial charge in [0, 0.05) is 17.3 Å². The van der Waals surface area contributed by atoms with Gasteiger partial charge < -0.3 is 14.8 Å². The Balaban J connectivity index is 1.76. The molecule has 0 saturated carbocycles. The number of anilines is 1. The van der Waals surface area contributed by atoms with E-state index in [4.69, 9.17) is 21.1 Å². The lowest BCUT2D eigenvalue weighted by Crippen LogP contribution is -2.05. The Hall–Kier alpha value is -1.99. The van der Waals surface area contributed by atoms with E-state index in [1.165, 1.54) is 12.1 Å². The van der Waals surface area contributed by atoms with Crippen LogP contribution in [-0.2, 0) is 13.2 Å². The highest BCUT2D eigenvalue weighted by Crippen LogP contribution is 2.35. The van der Waals surface area contributed by atoms with Crippen molar-refractivity contribution in [1.29, 1.82) is 0 Å². The summed E-state index contributed by atoms with van der Waals surface area (Å²) >= 11 is 8.46. The highest BCUT2D eigenvalue weighted by atomic mass is 127. The van der Waals surface area contributed by atoms with Crippen molar-refractivity contribution in [2.24, 2.45) is 0 Å². The zero-order chi connectivity index (χ0) is 20.8. The zero-order valence-electron chi connectivity index (χ0n) is 16.3. The van der Waals surface area contributed by atoms with Crippen LogP contribution in [0.4, 0.5) is 10.1 Å². The van der Waals surface area contributed by atoms with Gasteiger partial charge in [-0.25, -0.2) is 4.39 Å². The highest BCUT2D eigenvalue weighted by molar-refractivity contribution is 14.1. The smallest absolute Gasteiger partial charge is 0.174 e. The van der Waals surface area contributed by atoms with Crippen LogP contribution < -0.4 is 14.8 Å². The summed E-state index contributed by atoms with van der Waals surface area (Å²) in [6.45, 7) is 5.45. The monoisotopic (exact) mass is 525 g/mol. The van der Waals surface area contributed by atoms with Crippen molar-refractivity contribution in [3.8, 4) is 11.5 Å². The fraction of sp³-hybridized carbons (Fsp3) is 0.217. The first-order chi connectivity index (χ1) is 14.0. The third-order valence-electron chi connectivity index (χ3n) is 4.42. The third-order valence-corrected chi connectivity index (χ3v) is 5.63. The molecular weight excluding hydrogens is 504 g/mol. The first-order valence-corrected chi connectivity index (χ1v) is 10.7. The number of rotatable bonds is 8. The minimum absolute atomic E-state index is 0.259. The largest absolute Gasteiger partial charge is 0.490 e. The maximum absolute atomic E-state index is 13.1. The van der Waals surface area contributed by atoms with Gasteiger partial charge in [0.15, 0.2) is 11.5 Å². The van der Waals surface area contributed by atoms with E-state index in [1.807, 2.05) is 38.1 Å². The predicted molar refractivity (Wildman–Crippen MR) is 125 cm³/mol. The van der Waals surface area contributed by atoms with Crippen molar-refractivity contribution in [3.63, 3.8) is 0 Å². The number of ether oxygens (including phenoxy) is 2. The van der Waals surface area contributed by atoms with E-state index < -0.39 is 0 Å². The Labute approximate surface area is 189 Å². The van der Waals surface area contributed by atoms with Crippen molar-refractivity contribution in [2.45, 2.75) is 27.0 Å². The Bertz CT molecular complexity index is 979. The summed E-state index contributed by atoms with van der Waals surface area (Å²) in [6, 6.07) is 16.2. The normalized spacial score (nSPS) is 10.7. The minimum Gasteiger partial charge on any atom is -0.490 e. The van der Waals surface area contributed by atoms with Crippen LogP contribution >= 0.6 is 34.2 Å². The van der Waals surface area contributed by atoms with Gasteiger partial charge in [0.2, 0.25) is 0 Å². The van der Waals surface area contributed by atoms with Gasteiger partial charge in [0.1, 0.15) is 12.4 Å². The molecule has 0 aromatic heterocycles. The average molecular weight is 526 g/mol. The predicted octanol–water partition coefficient (Wildman–Crippen LogP) is 6.98. The summed E-state index contributed by atoms with van der Waals surface area (Å²) in [5, 5.41) is 4.17. The summed E-state index contributed by atoms with van der Waals surface area (Å²) in [4.78, 5) is 0. The Morgan fingerprint density at radius 1 is 1.03 bits per heavy atom. The molecule has 6 heteroatoms. The molecule has 0 bridgehead atoms. The topological polar surface area (TPSA) is 30.5 Å². The van der Waals surface area contributed by atoms with Gasteiger partial charge in [-0.05, 0) is 89.5 Å². The molecule has 0 heterocycles. The lowest BCUT2D eigenvalue weighted by molar-refractivity contribution is 0.267. The van der Waals surface area contributed by atoms with Gasteiger partial charge in [0.05, 0.1) is 10.2 Å². The molecule has 0 amide bonds. The van der Waals surface area contributed by atoms with E-state index in [-0.39, 0.29) is 5.82 Å². The van der Waals surface area contributed by atoms with Crippen LogP contribution in [0.3, 0.4) is 0 Å². The molecule has 0 fully saturated rings. The van der Waals surface area contributed by atoms with E-state index >= 15 is 0 Å². The van der Waals surface area contributed by atoms with E-state index in [0.29, 0.717) is 31.3 Å². The molecule has 1 N–H and O–H groups in total. The quantitative estimate of drug-likeness (QED) is 0.322. The number of halogens is 3. The molecule has 3 rings (SSSR count). The first-order valence-electron chi connectivity index (χ1n) is 9.29. The number of nitrogens with one attached hydrogen (secondary N) is 1. The summed E-state index contributed by atoms with van der Waals surface area (Å²) in [7, 11) is 0. The Morgan fingerprint density at radius 3 is 2.52 bits per heavy atom. The third kappa shape index (κ3) is 5.76. The molecule has 0 spiro atoms. The van der Waals surface area contributed by atoms with Gasteiger partial charge >= 0.3 is 0 Å². The Morgan fingerprint density at radius 2 is 1.79 bits per heavy atom. The van der Waals surface area contributed by atoms with Gasteiger partial charge in [-0.1, -0.05) is 29.8 Å². The summed E-state index contributed by atoms with van der Waals surface area (Å²) in [5.41, 5.74) is 3.99. The second-order valence-corrected chi connectivity index (χ2v) is 8.09. The molecule has 3 aromatic carbocycles. The maximum atomic E-state index is 13.1. The number of hydrogen-bond acceptors (Lipinski definition) is 3. The van der Waals surface area contributed by atoms with Crippen LogP contribution in [0, 0.1) is 16.3 Å². The zero-order valence-corrected chi connectivity index (χ0v) is 19.2. The van der Waals surface area contributed by atoms with E-state index in [2.05, 4.69) is 34.0 Å². The standard InChI is InChI=1S/C23H22ClFINO2/c1-3-28-22-12-17(13-27-21-6-4-5-19(24)15(21)2)11-20(26)23(22)29-14-16-7-9-18(25)10-8-16/h4-12,27H,3,13-14H2,1-2H3. The van der Waals surface area contributed by atoms with Crippen molar-refractivity contribution >= 4 is 39.9 Å². The lowest BCUT2D eigenvalue weighted by Gasteiger charge is -2.17. The van der Waals surface area contributed by atoms with Crippen LogP contribution in [0.1, 0.15) is 23.6 Å². The fourth-order valence-electron chi connectivity index (χ4n) is 2.86. The molecule has 0 aliphatic carbocycles. The minimum atomic E-state index is -0.259. The molecule has 0 aliphatic heterocycles. The molecule has 3 nitrogen and oxygen atoms in total. The van der Waals surface area contributed by atoms with E-state index in [0.717, 1.165) is 31.0 Å². The van der Waals surface area contributed by atoms with E-state index in [9.17, 15) is 4.39 Å². The second kappa shape index (κ2) is 10.2.